The first-order chi connectivity index (χ1) is 7.58. The summed E-state index contributed by atoms with van der Waals surface area (Å²) in [7, 11) is 0. The molecular formula is C10H9ClF2N2O. The molecular weight excluding hydrogens is 238 g/mol. The zero-order chi connectivity index (χ0) is 11.7. The van der Waals surface area contributed by atoms with Gasteiger partial charge in [-0.2, -0.15) is 0 Å². The predicted molar refractivity (Wildman–Crippen MR) is 55.5 cm³/mol. The lowest BCUT2D eigenvalue weighted by atomic mass is 10.1. The number of benzene rings is 1. The van der Waals surface area contributed by atoms with Crippen LogP contribution >= 0.6 is 11.6 Å². The molecule has 1 aliphatic heterocycles. The van der Waals surface area contributed by atoms with Crippen molar-refractivity contribution >= 4 is 17.5 Å². The van der Waals surface area contributed by atoms with Crippen LogP contribution in [0.1, 0.15) is 10.4 Å². The second-order valence-corrected chi connectivity index (χ2v) is 3.98. The van der Waals surface area contributed by atoms with Gasteiger partial charge in [-0.25, -0.2) is 8.78 Å². The van der Waals surface area contributed by atoms with Crippen molar-refractivity contribution in [1.82, 2.24) is 10.6 Å². The predicted octanol–water partition coefficient (Wildman–Crippen LogP) is 1.32. The maximum absolute atomic E-state index is 13.3. The van der Waals surface area contributed by atoms with Gasteiger partial charge in [-0.3, -0.25) is 4.79 Å². The number of carbonyl (C=O) groups excluding carboxylic acids is 1. The number of rotatable bonds is 2. The normalized spacial score (nSPS) is 15.7. The van der Waals surface area contributed by atoms with Gasteiger partial charge in [0.25, 0.3) is 5.91 Å². The standard InChI is InChI=1S/C10H9ClF2N2O/c11-7-2-8(12)6(1-9(7)13)10(16)15-5-3-14-4-5/h1-2,5,14H,3-4H2,(H,15,16). The summed E-state index contributed by atoms with van der Waals surface area (Å²) in [6, 6.07) is 1.58. The zero-order valence-corrected chi connectivity index (χ0v) is 8.94. The van der Waals surface area contributed by atoms with Crippen LogP contribution in [0.3, 0.4) is 0 Å². The van der Waals surface area contributed by atoms with Gasteiger partial charge in [-0.15, -0.1) is 0 Å². The first kappa shape index (κ1) is 11.3. The maximum atomic E-state index is 13.3. The average molecular weight is 247 g/mol. The van der Waals surface area contributed by atoms with E-state index >= 15 is 0 Å². The molecule has 1 saturated heterocycles. The molecule has 0 aromatic heterocycles. The highest BCUT2D eigenvalue weighted by molar-refractivity contribution is 6.30. The highest BCUT2D eigenvalue weighted by atomic mass is 35.5. The largest absolute Gasteiger partial charge is 0.347 e. The highest BCUT2D eigenvalue weighted by Crippen LogP contribution is 2.19. The Morgan fingerprint density at radius 2 is 2.06 bits per heavy atom. The Morgan fingerprint density at radius 3 is 2.62 bits per heavy atom. The Kier molecular flexibility index (Phi) is 3.07. The van der Waals surface area contributed by atoms with Crippen molar-refractivity contribution < 1.29 is 13.6 Å². The third kappa shape index (κ3) is 2.15. The smallest absolute Gasteiger partial charge is 0.254 e. The fourth-order valence-corrected chi connectivity index (χ4v) is 1.50. The van der Waals surface area contributed by atoms with E-state index in [0.29, 0.717) is 13.1 Å². The van der Waals surface area contributed by atoms with Crippen LogP contribution in [-0.4, -0.2) is 25.0 Å². The fraction of sp³-hybridized carbons (Fsp3) is 0.300. The average Bonchev–Trinajstić information content (AvgIpc) is 2.17. The molecule has 0 spiro atoms. The van der Waals surface area contributed by atoms with Crippen LogP contribution in [0.15, 0.2) is 12.1 Å². The molecule has 6 heteroatoms. The molecule has 1 heterocycles. The van der Waals surface area contributed by atoms with Crippen LogP contribution in [0.2, 0.25) is 5.02 Å². The molecule has 1 aromatic carbocycles. The van der Waals surface area contributed by atoms with Crippen molar-refractivity contribution in [3.8, 4) is 0 Å². The van der Waals surface area contributed by atoms with E-state index in [9.17, 15) is 13.6 Å². The van der Waals surface area contributed by atoms with Gasteiger partial charge in [-0.1, -0.05) is 11.6 Å². The molecule has 1 aliphatic rings. The van der Waals surface area contributed by atoms with Crippen LogP contribution in [-0.2, 0) is 0 Å². The summed E-state index contributed by atoms with van der Waals surface area (Å²) in [5.74, 6) is -2.25. The first-order valence-electron chi connectivity index (χ1n) is 4.74. The van der Waals surface area contributed by atoms with Crippen molar-refractivity contribution in [1.29, 1.82) is 0 Å². The minimum absolute atomic E-state index is 0.0226. The minimum Gasteiger partial charge on any atom is -0.347 e. The van der Waals surface area contributed by atoms with E-state index in [2.05, 4.69) is 10.6 Å². The van der Waals surface area contributed by atoms with Gasteiger partial charge in [0, 0.05) is 13.1 Å². The van der Waals surface area contributed by atoms with Crippen LogP contribution in [0.5, 0.6) is 0 Å². The van der Waals surface area contributed by atoms with Gasteiger partial charge >= 0.3 is 0 Å². The van der Waals surface area contributed by atoms with Crippen LogP contribution in [0.4, 0.5) is 8.78 Å². The van der Waals surface area contributed by atoms with Crippen molar-refractivity contribution in [2.24, 2.45) is 0 Å². The lowest BCUT2D eigenvalue weighted by Gasteiger charge is -2.27. The maximum Gasteiger partial charge on any atom is 0.254 e. The quantitative estimate of drug-likeness (QED) is 0.773. The van der Waals surface area contributed by atoms with Gasteiger partial charge in [0.2, 0.25) is 0 Å². The second-order valence-electron chi connectivity index (χ2n) is 3.57. The lowest BCUT2D eigenvalue weighted by Crippen LogP contribution is -2.57. The fourth-order valence-electron chi connectivity index (χ4n) is 1.35. The third-order valence-electron chi connectivity index (χ3n) is 2.37. The first-order valence-corrected chi connectivity index (χ1v) is 5.12. The molecule has 0 aliphatic carbocycles. The Balaban J connectivity index is 2.18. The summed E-state index contributed by atoms with van der Waals surface area (Å²) in [6.45, 7) is 1.28. The highest BCUT2D eigenvalue weighted by Gasteiger charge is 2.22. The summed E-state index contributed by atoms with van der Waals surface area (Å²) >= 11 is 5.38. The topological polar surface area (TPSA) is 41.1 Å². The second kappa shape index (κ2) is 4.35. The third-order valence-corrected chi connectivity index (χ3v) is 2.66. The van der Waals surface area contributed by atoms with Crippen molar-refractivity contribution in [3.05, 3.63) is 34.4 Å². The molecule has 1 fully saturated rings. The molecule has 2 rings (SSSR count). The van der Waals surface area contributed by atoms with Gasteiger partial charge in [0.1, 0.15) is 11.6 Å². The Bertz CT molecular complexity index is 435. The molecule has 0 saturated carbocycles. The summed E-state index contributed by atoms with van der Waals surface area (Å²) in [4.78, 5) is 11.5. The van der Waals surface area contributed by atoms with Gasteiger partial charge in [0.15, 0.2) is 0 Å². The molecule has 0 radical (unpaired) electrons. The van der Waals surface area contributed by atoms with E-state index in [-0.39, 0.29) is 16.6 Å². The van der Waals surface area contributed by atoms with Crippen LogP contribution in [0, 0.1) is 11.6 Å². The Morgan fingerprint density at radius 1 is 1.38 bits per heavy atom. The van der Waals surface area contributed by atoms with Crippen molar-refractivity contribution in [2.75, 3.05) is 13.1 Å². The van der Waals surface area contributed by atoms with Crippen molar-refractivity contribution in [3.63, 3.8) is 0 Å². The number of amides is 1. The monoisotopic (exact) mass is 246 g/mol. The SMILES string of the molecule is O=C(NC1CNC1)c1cc(F)c(Cl)cc1F. The van der Waals surface area contributed by atoms with Gasteiger partial charge in [-0.05, 0) is 12.1 Å². The van der Waals surface area contributed by atoms with Crippen LogP contribution < -0.4 is 10.6 Å². The molecule has 2 N–H and O–H groups in total. The van der Waals surface area contributed by atoms with E-state index < -0.39 is 17.5 Å². The summed E-state index contributed by atoms with van der Waals surface area (Å²) in [5.41, 5.74) is -0.325. The number of hydrogen-bond donors (Lipinski definition) is 2. The van der Waals surface area contributed by atoms with E-state index in [1.54, 1.807) is 0 Å². The molecule has 16 heavy (non-hydrogen) atoms. The number of nitrogens with one attached hydrogen (secondary N) is 2. The molecule has 86 valence electrons. The summed E-state index contributed by atoms with van der Waals surface area (Å²) < 4.78 is 26.4. The number of hydrogen-bond acceptors (Lipinski definition) is 2. The Labute approximate surface area is 95.8 Å². The van der Waals surface area contributed by atoms with Crippen molar-refractivity contribution in [2.45, 2.75) is 6.04 Å². The van der Waals surface area contributed by atoms with E-state index in [0.717, 1.165) is 12.1 Å². The lowest BCUT2D eigenvalue weighted by molar-refractivity contribution is 0.0919. The molecule has 1 aromatic rings. The Hall–Kier alpha value is -1.20. The zero-order valence-electron chi connectivity index (χ0n) is 8.19. The minimum atomic E-state index is -0.823. The van der Waals surface area contributed by atoms with Gasteiger partial charge < -0.3 is 10.6 Å². The summed E-state index contributed by atoms with van der Waals surface area (Å²) in [6.07, 6.45) is 0. The summed E-state index contributed by atoms with van der Waals surface area (Å²) in [5, 5.41) is 5.18. The number of halogens is 3. The molecule has 1 amide bonds. The number of carbonyl (C=O) groups is 1. The molecule has 0 unspecified atom stereocenters. The molecule has 0 bridgehead atoms. The van der Waals surface area contributed by atoms with Crippen LogP contribution in [0.25, 0.3) is 0 Å². The molecule has 3 nitrogen and oxygen atoms in total. The molecule has 0 atom stereocenters. The van der Waals surface area contributed by atoms with E-state index in [1.165, 1.54) is 0 Å². The van der Waals surface area contributed by atoms with Gasteiger partial charge in [0.05, 0.1) is 16.6 Å². The van der Waals surface area contributed by atoms with E-state index in [4.69, 9.17) is 11.6 Å². The van der Waals surface area contributed by atoms with E-state index in [1.807, 2.05) is 0 Å².